The van der Waals surface area contributed by atoms with Gasteiger partial charge in [-0.1, -0.05) is 39.7 Å². The van der Waals surface area contributed by atoms with Crippen LogP contribution in [0.15, 0.2) is 46.9 Å². The maximum atomic E-state index is 12.1. The highest BCUT2D eigenvalue weighted by molar-refractivity contribution is 9.10. The van der Waals surface area contributed by atoms with E-state index < -0.39 is 12.1 Å². The fourth-order valence-electron chi connectivity index (χ4n) is 1.80. The topological polar surface area (TPSA) is 44.8 Å². The normalized spacial score (nSPS) is 11.8. The van der Waals surface area contributed by atoms with Crippen LogP contribution >= 0.6 is 27.5 Å². The van der Waals surface area contributed by atoms with Gasteiger partial charge in [-0.25, -0.2) is 4.79 Å². The summed E-state index contributed by atoms with van der Waals surface area (Å²) < 4.78 is 16.8. The van der Waals surface area contributed by atoms with Crippen molar-refractivity contribution in [1.82, 2.24) is 0 Å². The fraction of sp³-hybridized carbons (Fsp3) is 0.235. The Morgan fingerprint density at radius 3 is 2.74 bits per heavy atom. The molecule has 0 aliphatic rings. The van der Waals surface area contributed by atoms with Gasteiger partial charge in [0.1, 0.15) is 11.5 Å². The van der Waals surface area contributed by atoms with Gasteiger partial charge in [0.2, 0.25) is 0 Å². The lowest BCUT2D eigenvalue weighted by atomic mass is 10.2. The summed E-state index contributed by atoms with van der Waals surface area (Å²) >= 11 is 9.32. The molecule has 0 saturated carbocycles. The zero-order valence-corrected chi connectivity index (χ0v) is 15.1. The Morgan fingerprint density at radius 1 is 1.26 bits per heavy atom. The first-order chi connectivity index (χ1) is 11.0. The van der Waals surface area contributed by atoms with Gasteiger partial charge in [0.25, 0.3) is 0 Å². The standard InChI is InChI=1S/C17H16BrClO4/c1-11(22-10-12-4-3-5-14(8-12)21-2)17(20)23-16-7-6-13(18)9-15(16)19/h3-9,11H,10H2,1-2H3. The molecule has 2 rings (SSSR count). The van der Waals surface area contributed by atoms with E-state index in [1.54, 1.807) is 32.2 Å². The van der Waals surface area contributed by atoms with Crippen molar-refractivity contribution in [2.45, 2.75) is 19.6 Å². The van der Waals surface area contributed by atoms with E-state index in [-0.39, 0.29) is 6.61 Å². The molecule has 1 atom stereocenters. The molecule has 0 N–H and O–H groups in total. The van der Waals surface area contributed by atoms with Crippen LogP contribution in [0.3, 0.4) is 0 Å². The first-order valence-electron chi connectivity index (χ1n) is 6.91. The summed E-state index contributed by atoms with van der Waals surface area (Å²) in [5.41, 5.74) is 0.908. The van der Waals surface area contributed by atoms with Crippen molar-refractivity contribution in [3.8, 4) is 11.5 Å². The van der Waals surface area contributed by atoms with Crippen LogP contribution in [0.1, 0.15) is 12.5 Å². The number of ether oxygens (including phenoxy) is 3. The summed E-state index contributed by atoms with van der Waals surface area (Å²) in [6.45, 7) is 1.91. The lowest BCUT2D eigenvalue weighted by molar-refractivity contribution is -0.147. The molecular formula is C17H16BrClO4. The number of hydrogen-bond donors (Lipinski definition) is 0. The molecule has 0 fully saturated rings. The maximum absolute atomic E-state index is 12.1. The van der Waals surface area contributed by atoms with Crippen LogP contribution in [0.2, 0.25) is 5.02 Å². The predicted molar refractivity (Wildman–Crippen MR) is 92.0 cm³/mol. The Morgan fingerprint density at radius 2 is 2.04 bits per heavy atom. The van der Waals surface area contributed by atoms with Gasteiger partial charge in [-0.05, 0) is 42.8 Å². The van der Waals surface area contributed by atoms with E-state index in [1.807, 2.05) is 24.3 Å². The van der Waals surface area contributed by atoms with E-state index in [4.69, 9.17) is 25.8 Å². The minimum atomic E-state index is -0.721. The second kappa shape index (κ2) is 8.34. The summed E-state index contributed by atoms with van der Waals surface area (Å²) in [4.78, 5) is 12.1. The van der Waals surface area contributed by atoms with Gasteiger partial charge in [-0.15, -0.1) is 0 Å². The van der Waals surface area contributed by atoms with Gasteiger partial charge >= 0.3 is 5.97 Å². The molecule has 0 aliphatic carbocycles. The number of carbonyl (C=O) groups excluding carboxylic acids is 1. The van der Waals surface area contributed by atoms with Gasteiger partial charge in [0.05, 0.1) is 18.7 Å². The molecule has 0 saturated heterocycles. The number of carbonyl (C=O) groups is 1. The minimum Gasteiger partial charge on any atom is -0.497 e. The molecule has 0 radical (unpaired) electrons. The van der Waals surface area contributed by atoms with Gasteiger partial charge in [0.15, 0.2) is 6.10 Å². The predicted octanol–water partition coefficient (Wildman–Crippen LogP) is 4.62. The van der Waals surface area contributed by atoms with Gasteiger partial charge in [-0.2, -0.15) is 0 Å². The third-order valence-corrected chi connectivity index (χ3v) is 3.86. The van der Waals surface area contributed by atoms with Crippen molar-refractivity contribution < 1.29 is 19.0 Å². The largest absolute Gasteiger partial charge is 0.497 e. The van der Waals surface area contributed by atoms with E-state index in [0.29, 0.717) is 10.8 Å². The van der Waals surface area contributed by atoms with Crippen LogP contribution in [-0.2, 0) is 16.1 Å². The highest BCUT2D eigenvalue weighted by Crippen LogP contribution is 2.28. The Labute approximate surface area is 148 Å². The summed E-state index contributed by atoms with van der Waals surface area (Å²) in [5.74, 6) is 0.539. The molecule has 0 heterocycles. The third kappa shape index (κ3) is 5.23. The van der Waals surface area contributed by atoms with Crippen molar-refractivity contribution >= 4 is 33.5 Å². The van der Waals surface area contributed by atoms with E-state index in [2.05, 4.69) is 15.9 Å². The number of hydrogen-bond acceptors (Lipinski definition) is 4. The Balaban J connectivity index is 1.91. The number of halogens is 2. The molecule has 0 aromatic heterocycles. The Hall–Kier alpha value is -1.56. The third-order valence-electron chi connectivity index (χ3n) is 3.07. The summed E-state index contributed by atoms with van der Waals surface area (Å²) in [7, 11) is 1.60. The van der Waals surface area contributed by atoms with Crippen molar-refractivity contribution in [3.05, 3.63) is 57.5 Å². The van der Waals surface area contributed by atoms with Gasteiger partial charge in [0, 0.05) is 4.47 Å². The van der Waals surface area contributed by atoms with Crippen LogP contribution in [0.4, 0.5) is 0 Å². The average Bonchev–Trinajstić information content (AvgIpc) is 2.55. The second-order valence-corrected chi connectivity index (χ2v) is 6.12. The molecule has 0 bridgehead atoms. The molecule has 2 aromatic rings. The number of rotatable bonds is 6. The molecule has 1 unspecified atom stereocenters. The first kappa shape index (κ1) is 17.8. The molecule has 0 spiro atoms. The molecule has 0 amide bonds. The minimum absolute atomic E-state index is 0.279. The molecule has 23 heavy (non-hydrogen) atoms. The molecule has 122 valence electrons. The Kier molecular flexibility index (Phi) is 6.45. The molecule has 2 aromatic carbocycles. The monoisotopic (exact) mass is 398 g/mol. The number of esters is 1. The highest BCUT2D eigenvalue weighted by Gasteiger charge is 2.17. The smallest absolute Gasteiger partial charge is 0.340 e. The Bertz CT molecular complexity index is 690. The van der Waals surface area contributed by atoms with E-state index in [9.17, 15) is 4.79 Å². The lowest BCUT2D eigenvalue weighted by Crippen LogP contribution is -2.25. The number of benzene rings is 2. The van der Waals surface area contributed by atoms with Crippen LogP contribution in [0.5, 0.6) is 11.5 Å². The van der Waals surface area contributed by atoms with Crippen molar-refractivity contribution in [1.29, 1.82) is 0 Å². The van der Waals surface area contributed by atoms with Crippen LogP contribution in [-0.4, -0.2) is 19.2 Å². The average molecular weight is 400 g/mol. The van der Waals surface area contributed by atoms with Crippen molar-refractivity contribution in [2.75, 3.05) is 7.11 Å². The highest BCUT2D eigenvalue weighted by atomic mass is 79.9. The van der Waals surface area contributed by atoms with E-state index in [1.165, 1.54) is 0 Å². The maximum Gasteiger partial charge on any atom is 0.340 e. The van der Waals surface area contributed by atoms with E-state index in [0.717, 1.165) is 15.8 Å². The van der Waals surface area contributed by atoms with Crippen LogP contribution in [0.25, 0.3) is 0 Å². The lowest BCUT2D eigenvalue weighted by Gasteiger charge is -2.13. The van der Waals surface area contributed by atoms with Crippen LogP contribution < -0.4 is 9.47 Å². The van der Waals surface area contributed by atoms with Gasteiger partial charge < -0.3 is 14.2 Å². The zero-order valence-electron chi connectivity index (χ0n) is 12.7. The second-order valence-electron chi connectivity index (χ2n) is 4.80. The zero-order chi connectivity index (χ0) is 16.8. The summed E-state index contributed by atoms with van der Waals surface area (Å²) in [5, 5.41) is 0.354. The SMILES string of the molecule is COc1cccc(COC(C)C(=O)Oc2ccc(Br)cc2Cl)c1. The summed E-state index contributed by atoms with van der Waals surface area (Å²) in [6, 6.07) is 12.5. The molecule has 0 aliphatic heterocycles. The molecule has 6 heteroatoms. The van der Waals surface area contributed by atoms with E-state index >= 15 is 0 Å². The number of methoxy groups -OCH3 is 1. The first-order valence-corrected chi connectivity index (χ1v) is 8.08. The van der Waals surface area contributed by atoms with Gasteiger partial charge in [-0.3, -0.25) is 0 Å². The molecular weight excluding hydrogens is 384 g/mol. The van der Waals surface area contributed by atoms with Crippen molar-refractivity contribution in [2.24, 2.45) is 0 Å². The molecule has 4 nitrogen and oxygen atoms in total. The van der Waals surface area contributed by atoms with Crippen molar-refractivity contribution in [3.63, 3.8) is 0 Å². The summed E-state index contributed by atoms with van der Waals surface area (Å²) in [6.07, 6.45) is -0.721. The quantitative estimate of drug-likeness (QED) is 0.525. The fourth-order valence-corrected chi connectivity index (χ4v) is 2.51. The van der Waals surface area contributed by atoms with Crippen LogP contribution in [0, 0.1) is 0 Å².